The molecule has 0 bridgehead atoms. The van der Waals surface area contributed by atoms with Gasteiger partial charge in [-0.15, -0.1) is 15.7 Å². The Morgan fingerprint density at radius 3 is 2.76 bits per heavy atom. The van der Waals surface area contributed by atoms with Crippen molar-refractivity contribution < 1.29 is 13.2 Å². The number of rotatable bonds is 3. The predicted octanol–water partition coefficient (Wildman–Crippen LogP) is 1.65. The third-order valence-electron chi connectivity index (χ3n) is 5.18. The molecule has 0 atom stereocenters. The van der Waals surface area contributed by atoms with Gasteiger partial charge in [-0.2, -0.15) is 18.8 Å². The Hall–Kier alpha value is -2.97. The Bertz CT molecular complexity index is 1240. The molecule has 150 valence electrons. The van der Waals surface area contributed by atoms with Gasteiger partial charge < -0.3 is 5.32 Å². The minimum Gasteiger partial charge on any atom is -0.311 e. The molecular formula is C18H18N6O3S2. The van der Waals surface area contributed by atoms with Gasteiger partial charge in [-0.05, 0) is 37.8 Å². The lowest BCUT2D eigenvalue weighted by atomic mass is 10.1. The van der Waals surface area contributed by atoms with E-state index in [9.17, 15) is 18.5 Å². The number of anilines is 1. The van der Waals surface area contributed by atoms with Crippen LogP contribution in [0.5, 0.6) is 0 Å². The van der Waals surface area contributed by atoms with E-state index in [1.165, 1.54) is 30.7 Å². The van der Waals surface area contributed by atoms with Crippen molar-refractivity contribution in [3.63, 3.8) is 0 Å². The van der Waals surface area contributed by atoms with Crippen molar-refractivity contribution in [3.05, 3.63) is 45.2 Å². The van der Waals surface area contributed by atoms with Gasteiger partial charge in [0.2, 0.25) is 0 Å². The summed E-state index contributed by atoms with van der Waals surface area (Å²) in [6, 6.07) is 2.17. The normalized spacial score (nSPS) is 17.4. The zero-order valence-electron chi connectivity index (χ0n) is 16.1. The fourth-order valence-corrected chi connectivity index (χ4v) is 5.56. The van der Waals surface area contributed by atoms with Crippen molar-refractivity contribution in [2.24, 2.45) is 11.4 Å². The third kappa shape index (κ3) is 3.14. The Kier molecular flexibility index (Phi) is 4.55. The maximum atomic E-state index is 13.0. The van der Waals surface area contributed by atoms with Gasteiger partial charge in [0.1, 0.15) is 16.8 Å². The Morgan fingerprint density at radius 2 is 2.10 bits per heavy atom. The highest BCUT2D eigenvalue weighted by Crippen LogP contribution is 2.39. The van der Waals surface area contributed by atoms with Gasteiger partial charge in [0.25, 0.3) is 5.91 Å². The van der Waals surface area contributed by atoms with Crippen LogP contribution < -0.4 is 5.32 Å². The van der Waals surface area contributed by atoms with Gasteiger partial charge in [0.15, 0.2) is 0 Å². The number of hydrogen-bond acceptors (Lipinski definition) is 6. The second-order valence-electron chi connectivity index (χ2n) is 6.85. The van der Waals surface area contributed by atoms with Crippen LogP contribution in [0.15, 0.2) is 22.4 Å². The number of thiophene rings is 1. The zero-order valence-corrected chi connectivity index (χ0v) is 17.7. The van der Waals surface area contributed by atoms with E-state index in [0.717, 1.165) is 39.7 Å². The molecule has 0 radical (unpaired) electrons. The molecule has 0 saturated heterocycles. The molecule has 29 heavy (non-hydrogen) atoms. The summed E-state index contributed by atoms with van der Waals surface area (Å²) < 4.78 is 31.3. The van der Waals surface area contributed by atoms with Gasteiger partial charge in [0.05, 0.1) is 17.5 Å². The van der Waals surface area contributed by atoms with Crippen LogP contribution in [0.1, 0.15) is 33.7 Å². The molecule has 1 amide bonds. The molecule has 0 aromatic carbocycles. The van der Waals surface area contributed by atoms with Gasteiger partial charge >= 0.3 is 10.2 Å². The number of carbonyl (C=O) groups excluding carboxylic acids is 1. The maximum absolute atomic E-state index is 13.0. The monoisotopic (exact) mass is 430 g/mol. The first kappa shape index (κ1) is 19.4. The molecular weight excluding hydrogens is 412 g/mol. The lowest BCUT2D eigenvalue weighted by Gasteiger charge is -2.23. The molecule has 11 heteroatoms. The Balaban J connectivity index is 1.72. The summed E-state index contributed by atoms with van der Waals surface area (Å²) in [7, 11) is -1.06. The molecule has 1 N–H and O–H groups in total. The van der Waals surface area contributed by atoms with Gasteiger partial charge in [-0.3, -0.25) is 9.48 Å². The molecule has 9 nitrogen and oxygen atoms in total. The summed E-state index contributed by atoms with van der Waals surface area (Å²) in [6.07, 6.45) is 5.64. The van der Waals surface area contributed by atoms with Crippen molar-refractivity contribution in [1.82, 2.24) is 14.1 Å². The zero-order chi connectivity index (χ0) is 20.9. The van der Waals surface area contributed by atoms with Crippen molar-refractivity contribution in [3.8, 4) is 6.07 Å². The number of carbonyl (C=O) groups is 1. The lowest BCUT2D eigenvalue weighted by molar-refractivity contribution is -0.113. The Labute approximate surface area is 172 Å². The number of nitrogens with one attached hydrogen (secondary N) is 1. The van der Waals surface area contributed by atoms with E-state index < -0.39 is 16.1 Å². The number of amides is 1. The number of allylic oxidation sites excluding steroid dienone is 1. The minimum atomic E-state index is -4.07. The summed E-state index contributed by atoms with van der Waals surface area (Å²) in [5.74, 6) is -0.610. The summed E-state index contributed by atoms with van der Waals surface area (Å²) in [5.41, 5.74) is 2.78. The smallest absolute Gasteiger partial charge is 0.311 e. The second-order valence-corrected chi connectivity index (χ2v) is 9.58. The number of nitrogens with zero attached hydrogens (tertiary/aromatic N) is 5. The maximum Gasteiger partial charge on any atom is 0.345 e. The number of hydrogen-bond donors (Lipinski definition) is 1. The van der Waals surface area contributed by atoms with E-state index in [-0.39, 0.29) is 11.4 Å². The SMILES string of the molecule is Cc1c(C2=NS(=O)(=O)N(C)C(C(=O)Nc3sc4c(c3C#N)CCC4)=C2)cnn1C. The number of aryl methyl sites for hydroxylation is 2. The summed E-state index contributed by atoms with van der Waals surface area (Å²) >= 11 is 1.38. The second kappa shape index (κ2) is 6.82. The van der Waals surface area contributed by atoms with Gasteiger partial charge in [-0.25, -0.2) is 4.31 Å². The van der Waals surface area contributed by atoms with Gasteiger partial charge in [-0.1, -0.05) is 0 Å². The minimum absolute atomic E-state index is 0.0734. The number of aromatic nitrogens is 2. The highest BCUT2D eigenvalue weighted by molar-refractivity contribution is 7.88. The number of fused-ring (bicyclic) bond motifs is 1. The van der Waals surface area contributed by atoms with Crippen LogP contribution in [-0.2, 0) is 34.9 Å². The average Bonchev–Trinajstić information content (AvgIpc) is 3.33. The molecule has 4 rings (SSSR count). The molecule has 0 spiro atoms. The molecule has 0 unspecified atom stereocenters. The van der Waals surface area contributed by atoms with E-state index >= 15 is 0 Å². The fraction of sp³-hybridized carbons (Fsp3) is 0.333. The van der Waals surface area contributed by atoms with Crippen molar-refractivity contribution >= 4 is 38.2 Å². The summed E-state index contributed by atoms with van der Waals surface area (Å²) in [6.45, 7) is 1.79. The molecule has 2 aromatic heterocycles. The van der Waals surface area contributed by atoms with Crippen LogP contribution in [0.4, 0.5) is 5.00 Å². The van der Waals surface area contributed by atoms with E-state index in [0.29, 0.717) is 16.1 Å². The van der Waals surface area contributed by atoms with E-state index in [2.05, 4.69) is 20.9 Å². The number of likely N-dealkylation sites (N-methyl/N-ethyl adjacent to an activating group) is 1. The Morgan fingerprint density at radius 1 is 1.34 bits per heavy atom. The third-order valence-corrected chi connectivity index (χ3v) is 7.70. The van der Waals surface area contributed by atoms with E-state index in [1.54, 1.807) is 18.7 Å². The average molecular weight is 431 g/mol. The topological polar surface area (TPSA) is 120 Å². The molecule has 2 aliphatic rings. The first-order chi connectivity index (χ1) is 13.7. The quantitative estimate of drug-likeness (QED) is 0.794. The highest BCUT2D eigenvalue weighted by atomic mass is 32.2. The molecule has 0 saturated carbocycles. The van der Waals surface area contributed by atoms with Gasteiger partial charge in [0, 0.05) is 30.2 Å². The van der Waals surface area contributed by atoms with E-state index in [1.807, 2.05) is 0 Å². The van der Waals surface area contributed by atoms with E-state index in [4.69, 9.17) is 0 Å². The van der Waals surface area contributed by atoms with Crippen LogP contribution in [0, 0.1) is 18.3 Å². The molecule has 1 aliphatic carbocycles. The molecule has 3 heterocycles. The fourth-order valence-electron chi connectivity index (χ4n) is 3.42. The molecule has 0 fully saturated rings. The van der Waals surface area contributed by atoms with Crippen LogP contribution in [-0.4, -0.2) is 41.2 Å². The predicted molar refractivity (Wildman–Crippen MR) is 109 cm³/mol. The largest absolute Gasteiger partial charge is 0.345 e. The van der Waals surface area contributed by atoms with Crippen LogP contribution >= 0.6 is 11.3 Å². The number of nitriles is 1. The van der Waals surface area contributed by atoms with Crippen LogP contribution in [0.25, 0.3) is 0 Å². The van der Waals surface area contributed by atoms with Crippen molar-refractivity contribution in [1.29, 1.82) is 5.26 Å². The standard InChI is InChI=1S/C18H18N6O3S2/c1-10-13(9-20-23(10)2)14-7-15(24(3)29(26,27)22-14)17(25)21-18-12(8-19)11-5-4-6-16(11)28-18/h7,9H,4-6H2,1-3H3,(H,21,25). The summed E-state index contributed by atoms with van der Waals surface area (Å²) in [4.78, 5) is 14.1. The molecule has 1 aliphatic heterocycles. The van der Waals surface area contributed by atoms with Crippen LogP contribution in [0.2, 0.25) is 0 Å². The highest BCUT2D eigenvalue weighted by Gasteiger charge is 2.32. The first-order valence-electron chi connectivity index (χ1n) is 8.88. The first-order valence-corrected chi connectivity index (χ1v) is 11.1. The van der Waals surface area contributed by atoms with Crippen LogP contribution in [0.3, 0.4) is 0 Å². The van der Waals surface area contributed by atoms with Crippen molar-refractivity contribution in [2.75, 3.05) is 12.4 Å². The summed E-state index contributed by atoms with van der Waals surface area (Å²) in [5, 5.41) is 16.8. The molecule has 2 aromatic rings. The lowest BCUT2D eigenvalue weighted by Crippen LogP contribution is -2.35. The van der Waals surface area contributed by atoms with Crippen molar-refractivity contribution in [2.45, 2.75) is 26.2 Å².